The SMILES string of the molecule is CC1=CN(Cc2ccc(CC3=CC(C(=O)NCC4=C(C)NC(N)C=C4)=CCN3)cc2)C(=O)CC1. The Morgan fingerprint density at radius 3 is 2.71 bits per heavy atom. The first-order valence-corrected chi connectivity index (χ1v) is 11.7. The molecule has 0 fully saturated rings. The Hall–Kier alpha value is -3.58. The molecule has 5 N–H and O–H groups in total. The van der Waals surface area contributed by atoms with E-state index in [1.807, 2.05) is 37.4 Å². The third-order valence-electron chi connectivity index (χ3n) is 6.25. The molecule has 7 heteroatoms. The van der Waals surface area contributed by atoms with Crippen LogP contribution in [0.4, 0.5) is 0 Å². The maximum Gasteiger partial charge on any atom is 0.251 e. The number of hydrogen-bond donors (Lipinski definition) is 4. The molecule has 3 aliphatic rings. The van der Waals surface area contributed by atoms with E-state index in [0.29, 0.717) is 38.0 Å². The van der Waals surface area contributed by atoms with Gasteiger partial charge in [-0.1, -0.05) is 42.0 Å². The number of nitrogens with zero attached hydrogens (tertiary/aromatic N) is 1. The summed E-state index contributed by atoms with van der Waals surface area (Å²) in [5.41, 5.74) is 13.0. The van der Waals surface area contributed by atoms with Crippen LogP contribution in [0, 0.1) is 0 Å². The molecule has 1 atom stereocenters. The van der Waals surface area contributed by atoms with Crippen molar-refractivity contribution in [3.05, 3.63) is 94.0 Å². The molecule has 2 amide bonds. The van der Waals surface area contributed by atoms with Crippen molar-refractivity contribution in [3.63, 3.8) is 0 Å². The average Bonchev–Trinajstić information content (AvgIpc) is 2.82. The van der Waals surface area contributed by atoms with Crippen LogP contribution in [-0.4, -0.2) is 36.0 Å². The van der Waals surface area contributed by atoms with Crippen LogP contribution in [0.3, 0.4) is 0 Å². The second-order valence-electron chi connectivity index (χ2n) is 9.06. The van der Waals surface area contributed by atoms with Crippen LogP contribution in [0.15, 0.2) is 82.9 Å². The lowest BCUT2D eigenvalue weighted by atomic mass is 10.0. The van der Waals surface area contributed by atoms with Gasteiger partial charge in [-0.15, -0.1) is 0 Å². The minimum Gasteiger partial charge on any atom is -0.385 e. The second-order valence-corrected chi connectivity index (χ2v) is 9.06. The summed E-state index contributed by atoms with van der Waals surface area (Å²) in [6, 6.07) is 8.31. The Morgan fingerprint density at radius 2 is 1.94 bits per heavy atom. The molecule has 1 unspecified atom stereocenters. The van der Waals surface area contributed by atoms with Gasteiger partial charge in [0.15, 0.2) is 0 Å². The first-order chi connectivity index (χ1) is 16.4. The highest BCUT2D eigenvalue weighted by atomic mass is 16.2. The van der Waals surface area contributed by atoms with Gasteiger partial charge >= 0.3 is 0 Å². The van der Waals surface area contributed by atoms with Gasteiger partial charge in [-0.2, -0.15) is 0 Å². The predicted octanol–water partition coefficient (Wildman–Crippen LogP) is 2.50. The first-order valence-electron chi connectivity index (χ1n) is 11.7. The summed E-state index contributed by atoms with van der Waals surface area (Å²) >= 11 is 0. The molecule has 3 heterocycles. The van der Waals surface area contributed by atoms with Crippen LogP contribution in [0.1, 0.15) is 37.8 Å². The molecule has 1 aromatic carbocycles. The lowest BCUT2D eigenvalue weighted by molar-refractivity contribution is -0.129. The largest absolute Gasteiger partial charge is 0.385 e. The van der Waals surface area contributed by atoms with Crippen molar-refractivity contribution in [1.82, 2.24) is 20.9 Å². The number of amides is 2. The summed E-state index contributed by atoms with van der Waals surface area (Å²) in [6.07, 6.45) is 11.6. The molecule has 0 radical (unpaired) electrons. The molecule has 0 saturated carbocycles. The normalized spacial score (nSPS) is 20.2. The minimum absolute atomic E-state index is 0.0903. The molecule has 0 aromatic heterocycles. The van der Waals surface area contributed by atoms with E-state index in [1.165, 1.54) is 5.57 Å². The summed E-state index contributed by atoms with van der Waals surface area (Å²) in [7, 11) is 0. The fourth-order valence-electron chi connectivity index (χ4n) is 4.23. The highest BCUT2D eigenvalue weighted by Gasteiger charge is 2.17. The monoisotopic (exact) mass is 459 g/mol. The summed E-state index contributed by atoms with van der Waals surface area (Å²) in [4.78, 5) is 26.7. The van der Waals surface area contributed by atoms with E-state index in [1.54, 1.807) is 4.90 Å². The topological polar surface area (TPSA) is 99.5 Å². The third-order valence-corrected chi connectivity index (χ3v) is 6.25. The molecule has 1 aromatic rings. The van der Waals surface area contributed by atoms with E-state index < -0.39 is 0 Å². The maximum absolute atomic E-state index is 12.7. The molecule has 3 aliphatic heterocycles. The molecule has 0 saturated heterocycles. The second kappa shape index (κ2) is 10.6. The van der Waals surface area contributed by atoms with Crippen LogP contribution in [0.2, 0.25) is 0 Å². The van der Waals surface area contributed by atoms with E-state index in [-0.39, 0.29) is 18.0 Å². The Kier molecular flexibility index (Phi) is 7.33. The van der Waals surface area contributed by atoms with E-state index in [9.17, 15) is 9.59 Å². The zero-order valence-electron chi connectivity index (χ0n) is 19.9. The standard InChI is InChI=1S/C27H33N5O2/c1-18-3-10-26(33)32(16-18)17-21-6-4-20(5-7-21)13-24-14-22(11-12-29-24)27(34)30-15-23-8-9-25(28)31-19(23)2/h4-9,11,14,16,25,29,31H,3,10,12-13,15,17,28H2,1-2H3,(H,30,34). The van der Waals surface area contributed by atoms with Gasteiger partial charge < -0.3 is 26.6 Å². The number of nitrogens with two attached hydrogens (primary N) is 1. The Bertz CT molecular complexity index is 1110. The van der Waals surface area contributed by atoms with Crippen molar-refractivity contribution >= 4 is 11.8 Å². The summed E-state index contributed by atoms with van der Waals surface area (Å²) in [5, 5.41) is 9.52. The van der Waals surface area contributed by atoms with Crippen molar-refractivity contribution < 1.29 is 9.59 Å². The fourth-order valence-corrected chi connectivity index (χ4v) is 4.23. The van der Waals surface area contributed by atoms with Crippen LogP contribution >= 0.6 is 0 Å². The van der Waals surface area contributed by atoms with Crippen LogP contribution in [0.5, 0.6) is 0 Å². The number of carbonyl (C=O) groups excluding carboxylic acids is 2. The smallest absolute Gasteiger partial charge is 0.251 e. The molecule has 4 rings (SSSR count). The van der Waals surface area contributed by atoms with Gasteiger partial charge in [0, 0.05) is 49.1 Å². The molecular formula is C27H33N5O2. The van der Waals surface area contributed by atoms with Crippen LogP contribution in [0.25, 0.3) is 0 Å². The van der Waals surface area contributed by atoms with Crippen molar-refractivity contribution in [3.8, 4) is 0 Å². The van der Waals surface area contributed by atoms with Gasteiger partial charge in [0.1, 0.15) is 0 Å². The lowest BCUT2D eigenvalue weighted by Gasteiger charge is -2.24. The van der Waals surface area contributed by atoms with Gasteiger partial charge in [-0.05, 0) is 49.1 Å². The maximum atomic E-state index is 12.7. The number of nitrogens with one attached hydrogen (secondary N) is 3. The van der Waals surface area contributed by atoms with E-state index in [2.05, 4.69) is 47.1 Å². The van der Waals surface area contributed by atoms with E-state index >= 15 is 0 Å². The predicted molar refractivity (Wildman–Crippen MR) is 134 cm³/mol. The van der Waals surface area contributed by atoms with Gasteiger partial charge in [0.25, 0.3) is 5.91 Å². The van der Waals surface area contributed by atoms with Crippen LogP contribution < -0.4 is 21.7 Å². The van der Waals surface area contributed by atoms with Crippen molar-refractivity contribution in [2.45, 2.75) is 45.8 Å². The van der Waals surface area contributed by atoms with Gasteiger partial charge in [-0.3, -0.25) is 9.59 Å². The van der Waals surface area contributed by atoms with Gasteiger partial charge in [-0.25, -0.2) is 0 Å². The number of benzene rings is 1. The Labute approximate surface area is 201 Å². The third kappa shape index (κ3) is 6.05. The quantitative estimate of drug-likeness (QED) is 0.502. The molecular weight excluding hydrogens is 426 g/mol. The Morgan fingerprint density at radius 1 is 1.18 bits per heavy atom. The fraction of sp³-hybridized carbons (Fsp3) is 0.333. The highest BCUT2D eigenvalue weighted by Crippen LogP contribution is 2.19. The van der Waals surface area contributed by atoms with Crippen molar-refractivity contribution in [1.29, 1.82) is 0 Å². The zero-order chi connectivity index (χ0) is 24.1. The van der Waals surface area contributed by atoms with Crippen molar-refractivity contribution in [2.24, 2.45) is 5.73 Å². The summed E-state index contributed by atoms with van der Waals surface area (Å²) in [6.45, 7) is 5.68. The minimum atomic E-state index is -0.181. The van der Waals surface area contributed by atoms with E-state index in [0.717, 1.165) is 34.5 Å². The van der Waals surface area contributed by atoms with Gasteiger partial charge in [0.05, 0.1) is 12.7 Å². The molecule has 178 valence electrons. The highest BCUT2D eigenvalue weighted by molar-refractivity contribution is 5.96. The number of allylic oxidation sites excluding steroid dienone is 3. The molecule has 0 spiro atoms. The number of hydrogen-bond acceptors (Lipinski definition) is 5. The van der Waals surface area contributed by atoms with Gasteiger partial charge in [0.2, 0.25) is 5.91 Å². The molecule has 7 nitrogen and oxygen atoms in total. The zero-order valence-corrected chi connectivity index (χ0v) is 19.9. The molecule has 0 bridgehead atoms. The lowest BCUT2D eigenvalue weighted by Crippen LogP contribution is -2.38. The van der Waals surface area contributed by atoms with E-state index in [4.69, 9.17) is 5.73 Å². The number of dihydropyridines is 2. The average molecular weight is 460 g/mol. The van der Waals surface area contributed by atoms with Crippen LogP contribution in [-0.2, 0) is 22.6 Å². The summed E-state index contributed by atoms with van der Waals surface area (Å²) < 4.78 is 0. The number of rotatable bonds is 7. The Balaban J connectivity index is 1.33. The molecule has 34 heavy (non-hydrogen) atoms. The number of carbonyl (C=O) groups is 2. The molecule has 0 aliphatic carbocycles. The summed E-state index contributed by atoms with van der Waals surface area (Å²) in [5.74, 6) is 0.0853. The first kappa shape index (κ1) is 23.6. The van der Waals surface area contributed by atoms with Crippen molar-refractivity contribution in [2.75, 3.05) is 13.1 Å².